The van der Waals surface area contributed by atoms with Crippen molar-refractivity contribution in [1.29, 1.82) is 0 Å². The van der Waals surface area contributed by atoms with Crippen molar-refractivity contribution in [1.82, 2.24) is 0 Å². The number of ether oxygens (including phenoxy) is 1. The Balaban J connectivity index is 5.77. The van der Waals surface area contributed by atoms with E-state index in [9.17, 15) is 4.79 Å². The van der Waals surface area contributed by atoms with Crippen molar-refractivity contribution in [3.05, 3.63) is 12.2 Å². The van der Waals surface area contributed by atoms with E-state index in [1.165, 1.54) is 0 Å². The molecular formula is C16H38O5Si4. The fraction of sp³-hybridized carbons (Fsp3) is 0.812. The largest absolute Gasteiger partial charge is 0.476 e. The molecule has 0 aliphatic heterocycles. The first-order chi connectivity index (χ1) is 10.9. The molecule has 0 aliphatic carbocycles. The second-order valence-corrected chi connectivity index (χ2v) is 26.8. The molecule has 0 heterocycles. The van der Waals surface area contributed by atoms with E-state index in [1.54, 1.807) is 6.92 Å². The van der Waals surface area contributed by atoms with Gasteiger partial charge in [-0.15, -0.1) is 0 Å². The van der Waals surface area contributed by atoms with Gasteiger partial charge in [-0.05, 0) is 65.8 Å². The van der Waals surface area contributed by atoms with Crippen LogP contribution in [0.25, 0.3) is 0 Å². The fourth-order valence-corrected chi connectivity index (χ4v) is 16.6. The molecule has 0 N–H and O–H groups in total. The van der Waals surface area contributed by atoms with Crippen LogP contribution in [0.5, 0.6) is 0 Å². The SMILES string of the molecule is C=C(C)C(=O)OCC(C)[Si](O[Si](C)(C)C)(O[Si](C)(C)C)O[Si](C)(C)C. The van der Waals surface area contributed by atoms with Crippen LogP contribution in [0.1, 0.15) is 13.8 Å². The maximum atomic E-state index is 11.8. The summed E-state index contributed by atoms with van der Waals surface area (Å²) in [5.74, 6) is -0.385. The maximum absolute atomic E-state index is 11.8. The van der Waals surface area contributed by atoms with Crippen LogP contribution in [-0.4, -0.2) is 46.3 Å². The minimum atomic E-state index is -3.03. The van der Waals surface area contributed by atoms with E-state index in [4.69, 9.17) is 17.1 Å². The van der Waals surface area contributed by atoms with Crippen LogP contribution in [0.4, 0.5) is 0 Å². The van der Waals surface area contributed by atoms with Gasteiger partial charge in [0.1, 0.15) is 0 Å². The van der Waals surface area contributed by atoms with Crippen LogP contribution >= 0.6 is 0 Å². The molecule has 0 saturated carbocycles. The number of hydrogen-bond acceptors (Lipinski definition) is 5. The molecule has 148 valence electrons. The number of hydrogen-bond donors (Lipinski definition) is 0. The second kappa shape index (κ2) is 8.76. The average molecular weight is 423 g/mol. The molecule has 0 aromatic carbocycles. The number of esters is 1. The minimum Gasteiger partial charge on any atom is -0.462 e. The second-order valence-electron chi connectivity index (χ2n) is 9.53. The van der Waals surface area contributed by atoms with Crippen molar-refractivity contribution >= 4 is 39.7 Å². The minimum absolute atomic E-state index is 0.124. The summed E-state index contributed by atoms with van der Waals surface area (Å²) in [6.07, 6.45) is 0. The first-order valence-electron chi connectivity index (χ1n) is 8.80. The Morgan fingerprint density at radius 1 is 0.840 bits per heavy atom. The molecule has 5 nitrogen and oxygen atoms in total. The Bertz CT molecular complexity index is 434. The van der Waals surface area contributed by atoms with E-state index in [0.717, 1.165) is 0 Å². The van der Waals surface area contributed by atoms with E-state index in [1.807, 2.05) is 6.92 Å². The summed E-state index contributed by atoms with van der Waals surface area (Å²) in [6, 6.07) is 0. The Kier molecular flexibility index (Phi) is 8.75. The van der Waals surface area contributed by atoms with Crippen molar-refractivity contribution in [3.8, 4) is 0 Å². The first-order valence-corrected chi connectivity index (χ1v) is 20.8. The molecule has 0 rings (SSSR count). The summed E-state index contributed by atoms with van der Waals surface area (Å²) in [6.45, 7) is 26.8. The normalized spacial score (nSPS) is 15.0. The lowest BCUT2D eigenvalue weighted by Gasteiger charge is -2.45. The monoisotopic (exact) mass is 422 g/mol. The molecule has 25 heavy (non-hydrogen) atoms. The molecule has 0 amide bonds. The molecule has 1 atom stereocenters. The molecular weight excluding hydrogens is 385 g/mol. The van der Waals surface area contributed by atoms with Crippen LogP contribution in [-0.2, 0) is 21.9 Å². The lowest BCUT2D eigenvalue weighted by Crippen LogP contribution is -2.63. The Morgan fingerprint density at radius 2 is 1.16 bits per heavy atom. The quantitative estimate of drug-likeness (QED) is 0.282. The molecule has 0 radical (unpaired) electrons. The van der Waals surface area contributed by atoms with Gasteiger partial charge in [-0.2, -0.15) is 0 Å². The van der Waals surface area contributed by atoms with Gasteiger partial charge in [0, 0.05) is 5.57 Å². The van der Waals surface area contributed by atoms with Gasteiger partial charge in [-0.25, -0.2) is 4.79 Å². The molecule has 0 saturated heterocycles. The summed E-state index contributed by atoms with van der Waals surface area (Å²) in [4.78, 5) is 11.8. The predicted octanol–water partition coefficient (Wildman–Crippen LogP) is 4.99. The molecule has 0 aromatic rings. The third kappa shape index (κ3) is 10.6. The number of rotatable bonds is 10. The summed E-state index contributed by atoms with van der Waals surface area (Å²) in [5, 5.41) is 0. The fourth-order valence-electron chi connectivity index (χ4n) is 2.07. The maximum Gasteiger partial charge on any atom is 0.476 e. The van der Waals surface area contributed by atoms with Crippen LogP contribution in [0.15, 0.2) is 12.2 Å². The van der Waals surface area contributed by atoms with E-state index >= 15 is 0 Å². The van der Waals surface area contributed by atoms with Crippen LogP contribution in [0.2, 0.25) is 64.5 Å². The zero-order chi connectivity index (χ0) is 20.3. The number of carbonyl (C=O) groups excluding carboxylic acids is 1. The van der Waals surface area contributed by atoms with Crippen LogP contribution in [0.3, 0.4) is 0 Å². The predicted molar refractivity (Wildman–Crippen MR) is 114 cm³/mol. The standard InChI is InChI=1S/C16H38O5Si4/c1-14(2)16(17)18-13-15(3)25(19-22(4,5)6,20-23(7,8)9)21-24(10,11)12/h15H,1,13H2,2-12H3. The van der Waals surface area contributed by atoms with E-state index in [2.05, 4.69) is 65.5 Å². The summed E-state index contributed by atoms with van der Waals surface area (Å²) < 4.78 is 25.3. The molecule has 0 aliphatic rings. The van der Waals surface area contributed by atoms with Gasteiger partial charge in [0.05, 0.1) is 12.1 Å². The highest BCUT2D eigenvalue weighted by molar-refractivity contribution is 6.90. The lowest BCUT2D eigenvalue weighted by atomic mass is 10.4. The lowest BCUT2D eigenvalue weighted by molar-refractivity contribution is -0.139. The molecule has 0 fully saturated rings. The Labute approximate surface area is 158 Å². The Hall–Kier alpha value is -0.0425. The Morgan fingerprint density at radius 3 is 1.40 bits per heavy atom. The van der Waals surface area contributed by atoms with Gasteiger partial charge >= 0.3 is 14.8 Å². The zero-order valence-corrected chi connectivity index (χ0v) is 22.0. The van der Waals surface area contributed by atoms with Gasteiger partial charge in [0.25, 0.3) is 0 Å². The van der Waals surface area contributed by atoms with Gasteiger partial charge < -0.3 is 17.1 Å². The van der Waals surface area contributed by atoms with Crippen molar-refractivity contribution < 1.29 is 21.9 Å². The van der Waals surface area contributed by atoms with E-state index < -0.39 is 33.8 Å². The number of carbonyl (C=O) groups is 1. The van der Waals surface area contributed by atoms with Crippen molar-refractivity contribution in [2.45, 2.75) is 78.3 Å². The third-order valence-electron chi connectivity index (χ3n) is 2.76. The highest BCUT2D eigenvalue weighted by atomic mass is 28.5. The van der Waals surface area contributed by atoms with Crippen molar-refractivity contribution in [2.24, 2.45) is 0 Å². The smallest absolute Gasteiger partial charge is 0.462 e. The van der Waals surface area contributed by atoms with Gasteiger partial charge in [0.15, 0.2) is 25.0 Å². The molecule has 0 bridgehead atoms. The zero-order valence-electron chi connectivity index (χ0n) is 18.0. The summed E-state index contributed by atoms with van der Waals surface area (Å²) in [5.41, 5.74) is 0.267. The van der Waals surface area contributed by atoms with Crippen molar-refractivity contribution in [2.75, 3.05) is 6.61 Å². The summed E-state index contributed by atoms with van der Waals surface area (Å²) >= 11 is 0. The molecule has 0 aromatic heterocycles. The van der Waals surface area contributed by atoms with Gasteiger partial charge in [-0.1, -0.05) is 13.5 Å². The highest BCUT2D eigenvalue weighted by Crippen LogP contribution is 2.34. The summed E-state index contributed by atoms with van der Waals surface area (Å²) in [7, 11) is -8.83. The van der Waals surface area contributed by atoms with Gasteiger partial charge in [0.2, 0.25) is 0 Å². The van der Waals surface area contributed by atoms with Crippen molar-refractivity contribution in [3.63, 3.8) is 0 Å². The van der Waals surface area contributed by atoms with Crippen LogP contribution < -0.4 is 0 Å². The van der Waals surface area contributed by atoms with Crippen LogP contribution in [0, 0.1) is 0 Å². The van der Waals surface area contributed by atoms with Gasteiger partial charge in [-0.3, -0.25) is 0 Å². The first kappa shape index (κ1) is 25.0. The van der Waals surface area contributed by atoms with E-state index in [-0.39, 0.29) is 18.1 Å². The molecule has 0 spiro atoms. The third-order valence-corrected chi connectivity index (χ3v) is 14.9. The highest BCUT2D eigenvalue weighted by Gasteiger charge is 2.54. The van der Waals surface area contributed by atoms with E-state index in [0.29, 0.717) is 5.57 Å². The average Bonchev–Trinajstić information content (AvgIpc) is 2.28. The topological polar surface area (TPSA) is 54.0 Å². The molecule has 1 unspecified atom stereocenters. The molecule has 9 heteroatoms.